The summed E-state index contributed by atoms with van der Waals surface area (Å²) in [5.41, 5.74) is 0.549. The van der Waals surface area contributed by atoms with Crippen LogP contribution in [0.5, 0.6) is 0 Å². The highest BCUT2D eigenvalue weighted by Gasteiger charge is 2.29. The maximum absolute atomic E-state index is 11.5. The number of amides is 1. The molecule has 1 amide bonds. The van der Waals surface area contributed by atoms with E-state index in [9.17, 15) is 4.79 Å². The Bertz CT molecular complexity index is 263. The number of hydrogen-bond acceptors (Lipinski definition) is 5. The van der Waals surface area contributed by atoms with Gasteiger partial charge in [-0.15, -0.1) is 10.2 Å². The van der Waals surface area contributed by atoms with Gasteiger partial charge in [0, 0.05) is 14.1 Å². The molecule has 0 aliphatic carbocycles. The summed E-state index contributed by atoms with van der Waals surface area (Å²) in [6.45, 7) is 0.276. The van der Waals surface area contributed by atoms with Crippen molar-refractivity contribution in [2.45, 2.75) is 6.04 Å². The first-order valence-electron chi connectivity index (χ1n) is 3.58. The lowest BCUT2D eigenvalue weighted by molar-refractivity contribution is -0.128. The van der Waals surface area contributed by atoms with Crippen LogP contribution in [0.15, 0.2) is 15.4 Å². The number of carbonyl (C=O) groups excluding carboxylic acids is 1. The van der Waals surface area contributed by atoms with Crippen LogP contribution in [-0.2, 0) is 7.86 Å². The van der Waals surface area contributed by atoms with Crippen molar-refractivity contribution in [2.75, 3.05) is 20.7 Å². The Morgan fingerprint density at radius 1 is 1.69 bits per heavy atom. The molecular weight excluding hydrogens is 287 g/mol. The van der Waals surface area contributed by atoms with E-state index in [1.54, 1.807) is 37.1 Å². The molecule has 1 aliphatic heterocycles. The lowest BCUT2D eigenvalue weighted by Gasteiger charge is -2.13. The quantitative estimate of drug-likeness (QED) is 0.717. The number of halogens is 1. The van der Waals surface area contributed by atoms with E-state index in [1.807, 2.05) is 0 Å². The van der Waals surface area contributed by atoms with Gasteiger partial charge in [-0.2, -0.15) is 0 Å². The monoisotopic (exact) mass is 296 g/mol. The maximum Gasteiger partial charge on any atom is 0.254 e. The van der Waals surface area contributed by atoms with Gasteiger partial charge in [0.15, 0.2) is 6.04 Å². The maximum atomic E-state index is 11.5. The lowest BCUT2D eigenvalue weighted by Crippen LogP contribution is -2.37. The van der Waals surface area contributed by atoms with Gasteiger partial charge in [-0.3, -0.25) is 4.79 Å². The van der Waals surface area contributed by atoms with Crippen LogP contribution in [0.4, 0.5) is 0 Å². The minimum Gasteiger partial charge on any atom is -0.347 e. The second kappa shape index (κ2) is 4.61. The van der Waals surface area contributed by atoms with Crippen LogP contribution >= 0.6 is 23.0 Å². The Morgan fingerprint density at radius 2 is 2.38 bits per heavy atom. The fraction of sp³-hybridized carbons (Fsp3) is 0.667. The molecule has 1 unspecified atom stereocenters. The topological polar surface area (TPSA) is 66.6 Å². The second-order valence-corrected chi connectivity index (χ2v) is 3.31. The first-order chi connectivity index (χ1) is 6.16. The molecule has 1 heterocycles. The number of nitrogens with zero attached hydrogens (tertiary/aromatic N) is 4. The zero-order valence-corrected chi connectivity index (χ0v) is 9.43. The van der Waals surface area contributed by atoms with Crippen LogP contribution in [0.2, 0.25) is 0 Å². The van der Waals surface area contributed by atoms with Crippen LogP contribution in [-0.4, -0.2) is 43.3 Å². The highest BCUT2D eigenvalue weighted by atomic mass is 127. The predicted octanol–water partition coefficient (Wildman–Crippen LogP) is 0.632. The second-order valence-electron chi connectivity index (χ2n) is 2.68. The van der Waals surface area contributed by atoms with Gasteiger partial charge in [0.2, 0.25) is 0 Å². The first-order valence-corrected chi connectivity index (χ1v) is 4.46. The summed E-state index contributed by atoms with van der Waals surface area (Å²) in [6, 6.07) is -0.593. The summed E-state index contributed by atoms with van der Waals surface area (Å²) in [4.78, 5) is 12.9. The smallest absolute Gasteiger partial charge is 0.254 e. The first kappa shape index (κ1) is 10.5. The zero-order chi connectivity index (χ0) is 9.84. The highest BCUT2D eigenvalue weighted by molar-refractivity contribution is 14.1. The summed E-state index contributed by atoms with van der Waals surface area (Å²) in [6.07, 6.45) is 0. The van der Waals surface area contributed by atoms with Crippen LogP contribution in [0.25, 0.3) is 0 Å². The fourth-order valence-corrected chi connectivity index (χ4v) is 1.18. The zero-order valence-electron chi connectivity index (χ0n) is 7.27. The average molecular weight is 296 g/mol. The third-order valence-electron chi connectivity index (χ3n) is 1.53. The van der Waals surface area contributed by atoms with E-state index < -0.39 is 6.04 Å². The van der Waals surface area contributed by atoms with Crippen LogP contribution in [0, 0.1) is 0 Å². The van der Waals surface area contributed by atoms with E-state index >= 15 is 0 Å². The third-order valence-corrected chi connectivity index (χ3v) is 1.84. The molecule has 7 heteroatoms. The molecular formula is C6H9IN4O2. The number of likely N-dealkylation sites (N-methyl/N-ethyl adjacent to an activating group) is 1. The summed E-state index contributed by atoms with van der Waals surface area (Å²) < 4.78 is 4.83. The van der Waals surface area contributed by atoms with Crippen molar-refractivity contribution < 1.29 is 7.86 Å². The van der Waals surface area contributed by atoms with Gasteiger partial charge in [-0.05, 0) is 5.22 Å². The molecule has 0 aromatic rings. The molecule has 1 rings (SSSR count). The molecule has 0 N–H and O–H groups in total. The van der Waals surface area contributed by atoms with E-state index in [2.05, 4.69) is 15.4 Å². The van der Waals surface area contributed by atoms with Crippen LogP contribution in [0.3, 0.4) is 0 Å². The summed E-state index contributed by atoms with van der Waals surface area (Å²) in [5.74, 6) is -0.131. The van der Waals surface area contributed by atoms with Crippen molar-refractivity contribution in [1.82, 2.24) is 4.90 Å². The van der Waals surface area contributed by atoms with E-state index in [-0.39, 0.29) is 12.5 Å². The largest absolute Gasteiger partial charge is 0.347 e. The number of rotatable bonds is 3. The summed E-state index contributed by atoms with van der Waals surface area (Å²) in [5, 5.41) is 10.9. The molecule has 1 atom stereocenters. The molecule has 72 valence electrons. The Morgan fingerprint density at radius 3 is 2.92 bits per heavy atom. The minimum absolute atomic E-state index is 0.131. The molecule has 0 aromatic carbocycles. The van der Waals surface area contributed by atoms with Crippen molar-refractivity contribution in [3.05, 3.63) is 0 Å². The van der Waals surface area contributed by atoms with E-state index in [1.165, 1.54) is 4.90 Å². The van der Waals surface area contributed by atoms with Crippen LogP contribution < -0.4 is 0 Å². The molecule has 0 spiro atoms. The van der Waals surface area contributed by atoms with E-state index in [4.69, 9.17) is 3.07 Å². The predicted molar refractivity (Wildman–Crippen MR) is 54.7 cm³/mol. The minimum atomic E-state index is -0.593. The van der Waals surface area contributed by atoms with Gasteiger partial charge < -0.3 is 7.97 Å². The van der Waals surface area contributed by atoms with Crippen LogP contribution in [0.1, 0.15) is 0 Å². The molecule has 0 radical (unpaired) electrons. The number of hydrogen-bond donors (Lipinski definition) is 0. The molecule has 0 saturated carbocycles. The molecule has 0 bridgehead atoms. The normalized spacial score (nSPS) is 20.2. The van der Waals surface area contributed by atoms with Gasteiger partial charge in [-0.1, -0.05) is 0 Å². The molecule has 1 aliphatic rings. The Kier molecular flexibility index (Phi) is 3.72. The molecule has 6 nitrogen and oxygen atoms in total. The highest BCUT2D eigenvalue weighted by Crippen LogP contribution is 2.09. The summed E-state index contributed by atoms with van der Waals surface area (Å²) >= 11 is 1.74. The molecule has 13 heavy (non-hydrogen) atoms. The van der Waals surface area contributed by atoms with Gasteiger partial charge in [0.05, 0.1) is 0 Å². The molecule has 0 fully saturated rings. The van der Waals surface area contributed by atoms with Gasteiger partial charge in [0.1, 0.15) is 35.3 Å². The Balaban J connectivity index is 2.65. The van der Waals surface area contributed by atoms with Crippen molar-refractivity contribution in [3.8, 4) is 0 Å². The fourth-order valence-electron chi connectivity index (χ4n) is 0.856. The van der Waals surface area contributed by atoms with Gasteiger partial charge in [-0.25, -0.2) is 0 Å². The van der Waals surface area contributed by atoms with Crippen molar-refractivity contribution >= 4 is 34.6 Å². The van der Waals surface area contributed by atoms with E-state index in [0.29, 0.717) is 5.71 Å². The molecule has 0 aromatic heterocycles. The Hall–Kier alpha value is -0.570. The Labute approximate surface area is 89.7 Å². The number of carbonyl (C=O) groups is 1. The van der Waals surface area contributed by atoms with Gasteiger partial charge >= 0.3 is 0 Å². The average Bonchev–Trinajstić information content (AvgIpc) is 2.52. The standard InChI is InChI=1S/C6H9IN4O2/c1-11(2)6(12)5-4(3-13-7)8-10-9-5/h5H,3H2,1-2H3. The van der Waals surface area contributed by atoms with E-state index in [0.717, 1.165) is 0 Å². The molecule has 0 saturated heterocycles. The van der Waals surface area contributed by atoms with Gasteiger partial charge in [0.25, 0.3) is 5.91 Å². The third kappa shape index (κ3) is 2.44. The summed E-state index contributed by atoms with van der Waals surface area (Å²) in [7, 11) is 3.33. The SMILES string of the molecule is CN(C)C(=O)C1N=NN=C1COI. The van der Waals surface area contributed by atoms with Crippen molar-refractivity contribution in [3.63, 3.8) is 0 Å². The lowest BCUT2D eigenvalue weighted by atomic mass is 10.2. The van der Waals surface area contributed by atoms with Crippen molar-refractivity contribution in [2.24, 2.45) is 15.4 Å². The van der Waals surface area contributed by atoms with Crippen molar-refractivity contribution in [1.29, 1.82) is 0 Å².